The average Bonchev–Trinajstić information content (AvgIpc) is 3.01. The van der Waals surface area contributed by atoms with Gasteiger partial charge in [0.2, 0.25) is 10.0 Å². The van der Waals surface area contributed by atoms with Gasteiger partial charge in [0.1, 0.15) is 18.0 Å². The van der Waals surface area contributed by atoms with Crippen LogP contribution in [-0.2, 0) is 10.0 Å². The average molecular weight is 324 g/mol. The molecular formula is C14H17FN4O2S. The number of nitrogens with zero attached hydrogens (tertiary/aromatic N) is 3. The zero-order valence-corrected chi connectivity index (χ0v) is 13.0. The van der Waals surface area contributed by atoms with Gasteiger partial charge in [0, 0.05) is 6.54 Å². The van der Waals surface area contributed by atoms with Gasteiger partial charge in [0.25, 0.3) is 0 Å². The zero-order valence-electron chi connectivity index (χ0n) is 12.2. The van der Waals surface area contributed by atoms with Crippen molar-refractivity contribution in [3.63, 3.8) is 0 Å². The minimum atomic E-state index is -3.71. The second-order valence-electron chi connectivity index (χ2n) is 5.41. The minimum absolute atomic E-state index is 0.139. The van der Waals surface area contributed by atoms with Crippen LogP contribution in [0.3, 0.4) is 0 Å². The molecule has 0 radical (unpaired) electrons. The highest BCUT2D eigenvalue weighted by atomic mass is 32.2. The lowest BCUT2D eigenvalue weighted by molar-refractivity contribution is 0.247. The Bertz CT molecular complexity index is 761. The first kappa shape index (κ1) is 15.1. The van der Waals surface area contributed by atoms with E-state index >= 15 is 0 Å². The van der Waals surface area contributed by atoms with Gasteiger partial charge < -0.3 is 0 Å². The third-order valence-corrected chi connectivity index (χ3v) is 5.99. The summed E-state index contributed by atoms with van der Waals surface area (Å²) in [6.07, 6.45) is 3.79. The maximum Gasteiger partial charge on any atom is 0.244 e. The van der Waals surface area contributed by atoms with Crippen molar-refractivity contribution in [2.24, 2.45) is 0 Å². The first-order valence-electron chi connectivity index (χ1n) is 7.13. The fourth-order valence-corrected chi connectivity index (χ4v) is 4.74. The number of rotatable bonds is 3. The molecular weight excluding hydrogens is 307 g/mol. The Kier molecular flexibility index (Phi) is 3.96. The number of nitrogens with one attached hydrogen (secondary N) is 1. The summed E-state index contributed by atoms with van der Waals surface area (Å²) >= 11 is 0. The smallest absolute Gasteiger partial charge is 0.244 e. The molecule has 22 heavy (non-hydrogen) atoms. The number of sulfonamides is 1. The maximum atomic E-state index is 13.2. The van der Waals surface area contributed by atoms with Crippen LogP contribution in [-0.4, -0.2) is 34.4 Å². The van der Waals surface area contributed by atoms with Gasteiger partial charge in [0.05, 0.1) is 10.9 Å². The zero-order chi connectivity index (χ0) is 15.7. The number of aromatic nitrogens is 3. The van der Waals surface area contributed by atoms with Crippen molar-refractivity contribution in [2.45, 2.75) is 37.1 Å². The van der Waals surface area contributed by atoms with Crippen LogP contribution in [0.1, 0.15) is 36.7 Å². The van der Waals surface area contributed by atoms with Crippen molar-refractivity contribution in [2.75, 3.05) is 6.54 Å². The van der Waals surface area contributed by atoms with Crippen LogP contribution in [0.2, 0.25) is 0 Å². The van der Waals surface area contributed by atoms with Crippen LogP contribution >= 0.6 is 0 Å². The summed E-state index contributed by atoms with van der Waals surface area (Å²) < 4.78 is 40.6. The Morgan fingerprint density at radius 3 is 2.86 bits per heavy atom. The van der Waals surface area contributed by atoms with Crippen molar-refractivity contribution in [3.05, 3.63) is 41.7 Å². The van der Waals surface area contributed by atoms with Gasteiger partial charge in [-0.05, 0) is 43.5 Å². The maximum absolute atomic E-state index is 13.2. The topological polar surface area (TPSA) is 79.0 Å². The molecule has 8 heteroatoms. The van der Waals surface area contributed by atoms with E-state index in [1.165, 1.54) is 28.8 Å². The monoisotopic (exact) mass is 324 g/mol. The molecule has 6 nitrogen and oxygen atoms in total. The van der Waals surface area contributed by atoms with Crippen molar-refractivity contribution >= 4 is 10.0 Å². The summed E-state index contributed by atoms with van der Waals surface area (Å²) in [7, 11) is -3.71. The molecule has 0 amide bonds. The summed E-state index contributed by atoms with van der Waals surface area (Å²) in [6, 6.07) is 3.38. The van der Waals surface area contributed by atoms with Crippen molar-refractivity contribution in [1.29, 1.82) is 0 Å². The minimum Gasteiger partial charge on any atom is -0.262 e. The summed E-state index contributed by atoms with van der Waals surface area (Å²) in [4.78, 5) is 4.24. The highest BCUT2D eigenvalue weighted by Gasteiger charge is 2.36. The summed E-state index contributed by atoms with van der Waals surface area (Å²) in [6.45, 7) is 2.02. The highest BCUT2D eigenvalue weighted by Crippen LogP contribution is 2.34. The van der Waals surface area contributed by atoms with Gasteiger partial charge in [-0.25, -0.2) is 17.8 Å². The molecule has 0 unspecified atom stereocenters. The molecule has 1 aromatic heterocycles. The molecule has 0 aliphatic carbocycles. The lowest BCUT2D eigenvalue weighted by Crippen LogP contribution is -2.39. The largest absolute Gasteiger partial charge is 0.262 e. The standard InChI is InChI=1S/C14H17FN4O2S/c1-10-8-11(15)5-6-13(10)22(20,21)19-7-3-2-4-12(19)14-16-9-17-18-14/h5-6,8-9,12H,2-4,7H2,1H3,(H,16,17,18)/t12-/m0/s1. The van der Waals surface area contributed by atoms with E-state index < -0.39 is 15.8 Å². The van der Waals surface area contributed by atoms with Gasteiger partial charge in [-0.3, -0.25) is 5.10 Å². The van der Waals surface area contributed by atoms with E-state index in [1.54, 1.807) is 6.92 Å². The molecule has 1 N–H and O–H groups in total. The number of aryl methyl sites for hydroxylation is 1. The third kappa shape index (κ3) is 2.64. The first-order valence-corrected chi connectivity index (χ1v) is 8.57. The number of halogens is 1. The van der Waals surface area contributed by atoms with E-state index in [1.807, 2.05) is 0 Å². The Morgan fingerprint density at radius 2 is 2.18 bits per heavy atom. The molecule has 118 valence electrons. The van der Waals surface area contributed by atoms with Gasteiger partial charge >= 0.3 is 0 Å². The van der Waals surface area contributed by atoms with Crippen molar-refractivity contribution in [3.8, 4) is 0 Å². The fourth-order valence-electron chi connectivity index (χ4n) is 2.87. The van der Waals surface area contributed by atoms with Crippen LogP contribution < -0.4 is 0 Å². The van der Waals surface area contributed by atoms with Crippen LogP contribution in [0.25, 0.3) is 0 Å². The van der Waals surface area contributed by atoms with Crippen LogP contribution in [0.4, 0.5) is 4.39 Å². The van der Waals surface area contributed by atoms with Crippen LogP contribution in [0.5, 0.6) is 0 Å². The molecule has 1 saturated heterocycles. The number of benzene rings is 1. The van der Waals surface area contributed by atoms with E-state index in [9.17, 15) is 12.8 Å². The predicted molar refractivity (Wildman–Crippen MR) is 78.0 cm³/mol. The molecule has 2 aromatic rings. The number of hydrogen-bond donors (Lipinski definition) is 1. The van der Waals surface area contributed by atoms with Gasteiger partial charge in [-0.1, -0.05) is 6.42 Å². The van der Waals surface area contributed by atoms with Crippen molar-refractivity contribution in [1.82, 2.24) is 19.5 Å². The van der Waals surface area contributed by atoms with E-state index in [2.05, 4.69) is 15.2 Å². The molecule has 0 bridgehead atoms. The fraction of sp³-hybridized carbons (Fsp3) is 0.429. The lowest BCUT2D eigenvalue weighted by atomic mass is 10.0. The molecule has 0 spiro atoms. The van der Waals surface area contributed by atoms with Crippen LogP contribution in [0.15, 0.2) is 29.4 Å². The Balaban J connectivity index is 2.02. The predicted octanol–water partition coefficient (Wildman–Crippen LogP) is 2.17. The number of aromatic amines is 1. The Morgan fingerprint density at radius 1 is 1.36 bits per heavy atom. The van der Waals surface area contributed by atoms with Crippen molar-refractivity contribution < 1.29 is 12.8 Å². The van der Waals surface area contributed by atoms with E-state index in [4.69, 9.17) is 0 Å². The van der Waals surface area contributed by atoms with Crippen LogP contribution in [0, 0.1) is 12.7 Å². The molecule has 1 aliphatic rings. The molecule has 1 aromatic carbocycles. The molecule has 1 fully saturated rings. The normalized spacial score (nSPS) is 20.2. The molecule has 2 heterocycles. The second kappa shape index (κ2) is 5.77. The van der Waals surface area contributed by atoms with Gasteiger partial charge in [0.15, 0.2) is 0 Å². The highest BCUT2D eigenvalue weighted by molar-refractivity contribution is 7.89. The molecule has 1 atom stereocenters. The molecule has 0 saturated carbocycles. The SMILES string of the molecule is Cc1cc(F)ccc1S(=O)(=O)N1CCCC[C@H]1c1ncn[nH]1. The summed E-state index contributed by atoms with van der Waals surface area (Å²) in [5, 5.41) is 6.57. The quantitative estimate of drug-likeness (QED) is 0.938. The Hall–Kier alpha value is -1.80. The number of piperidine rings is 1. The third-order valence-electron chi connectivity index (χ3n) is 3.93. The van der Waals surface area contributed by atoms with E-state index in [0.717, 1.165) is 12.8 Å². The van der Waals surface area contributed by atoms with Gasteiger partial charge in [-0.2, -0.15) is 9.40 Å². The molecule has 3 rings (SSSR count). The van der Waals surface area contributed by atoms with E-state index in [0.29, 0.717) is 24.4 Å². The van der Waals surface area contributed by atoms with Gasteiger partial charge in [-0.15, -0.1) is 0 Å². The Labute approximate surface area is 128 Å². The molecule has 1 aliphatic heterocycles. The van der Waals surface area contributed by atoms with E-state index in [-0.39, 0.29) is 10.9 Å². The first-order chi connectivity index (χ1) is 10.5. The lowest BCUT2D eigenvalue weighted by Gasteiger charge is -2.33. The summed E-state index contributed by atoms with van der Waals surface area (Å²) in [5.74, 6) is 0.102. The number of H-pyrrole nitrogens is 1. The number of hydrogen-bond acceptors (Lipinski definition) is 4. The second-order valence-corrected chi connectivity index (χ2v) is 7.27. The summed E-state index contributed by atoms with van der Waals surface area (Å²) in [5.41, 5.74) is 0.405.